The Kier molecular flexibility index (Phi) is 3.25. The minimum absolute atomic E-state index is 0.164. The minimum atomic E-state index is -0.645. The molecular formula is C12H18O5. The second kappa shape index (κ2) is 4.40. The van der Waals surface area contributed by atoms with Crippen molar-refractivity contribution in [3.63, 3.8) is 0 Å². The molecule has 0 bridgehead atoms. The largest absolute Gasteiger partial charge is 0.466 e. The van der Waals surface area contributed by atoms with E-state index in [0.29, 0.717) is 12.0 Å². The van der Waals surface area contributed by atoms with Gasteiger partial charge in [-0.2, -0.15) is 0 Å². The van der Waals surface area contributed by atoms with E-state index in [-0.39, 0.29) is 24.3 Å². The van der Waals surface area contributed by atoms with Gasteiger partial charge in [-0.05, 0) is 19.9 Å². The first-order valence-electron chi connectivity index (χ1n) is 5.64. The standard InChI is InChI=1S/C12H18O5/c1-12(2)16-9-6-7(11(13)15-4)5-8(14-3)10(9)17-12/h6,8-10H,5H2,1-4H3/t8?,9-,10+/m1/s1. The monoisotopic (exact) mass is 242 g/mol. The van der Waals surface area contributed by atoms with Crippen LogP contribution in [-0.4, -0.2) is 44.3 Å². The summed E-state index contributed by atoms with van der Waals surface area (Å²) in [7, 11) is 2.98. The summed E-state index contributed by atoms with van der Waals surface area (Å²) in [5.41, 5.74) is 0.585. The Balaban J connectivity index is 2.23. The molecule has 17 heavy (non-hydrogen) atoms. The lowest BCUT2D eigenvalue weighted by molar-refractivity contribution is -0.154. The molecule has 1 heterocycles. The summed E-state index contributed by atoms with van der Waals surface area (Å²) in [6, 6.07) is 0. The van der Waals surface area contributed by atoms with E-state index in [0.717, 1.165) is 0 Å². The minimum Gasteiger partial charge on any atom is -0.466 e. The highest BCUT2D eigenvalue weighted by Crippen LogP contribution is 2.37. The molecule has 1 saturated heterocycles. The highest BCUT2D eigenvalue weighted by Gasteiger charge is 2.47. The van der Waals surface area contributed by atoms with Gasteiger partial charge in [-0.1, -0.05) is 0 Å². The van der Waals surface area contributed by atoms with Crippen LogP contribution in [0.5, 0.6) is 0 Å². The fourth-order valence-electron chi connectivity index (χ4n) is 2.33. The first-order chi connectivity index (χ1) is 7.96. The van der Waals surface area contributed by atoms with Gasteiger partial charge in [-0.15, -0.1) is 0 Å². The van der Waals surface area contributed by atoms with Crippen molar-refractivity contribution in [1.82, 2.24) is 0 Å². The number of ether oxygens (including phenoxy) is 4. The number of hydrogen-bond donors (Lipinski definition) is 0. The Labute approximate surface area is 101 Å². The molecule has 2 rings (SSSR count). The van der Waals surface area contributed by atoms with Crippen molar-refractivity contribution in [3.8, 4) is 0 Å². The van der Waals surface area contributed by atoms with Crippen LogP contribution in [0.15, 0.2) is 11.6 Å². The third-order valence-corrected chi connectivity index (χ3v) is 3.07. The highest BCUT2D eigenvalue weighted by molar-refractivity contribution is 5.88. The number of esters is 1. The number of methoxy groups -OCH3 is 2. The Morgan fingerprint density at radius 2 is 2.12 bits per heavy atom. The van der Waals surface area contributed by atoms with Crippen LogP contribution in [0, 0.1) is 0 Å². The summed E-state index contributed by atoms with van der Waals surface area (Å²) in [6.07, 6.45) is 1.67. The van der Waals surface area contributed by atoms with E-state index < -0.39 is 5.79 Å². The van der Waals surface area contributed by atoms with Crippen molar-refractivity contribution < 1.29 is 23.7 Å². The van der Waals surface area contributed by atoms with Crippen LogP contribution in [-0.2, 0) is 23.7 Å². The average molecular weight is 242 g/mol. The fraction of sp³-hybridized carbons (Fsp3) is 0.750. The Hall–Kier alpha value is -0.910. The summed E-state index contributed by atoms with van der Waals surface area (Å²) in [6.45, 7) is 3.70. The first kappa shape index (κ1) is 12.5. The molecule has 1 aliphatic heterocycles. The molecule has 0 saturated carbocycles. The van der Waals surface area contributed by atoms with Crippen LogP contribution in [0.1, 0.15) is 20.3 Å². The molecule has 0 aromatic rings. The molecule has 2 aliphatic rings. The van der Waals surface area contributed by atoms with Gasteiger partial charge in [0.1, 0.15) is 12.2 Å². The van der Waals surface area contributed by atoms with E-state index in [1.807, 2.05) is 13.8 Å². The molecule has 0 N–H and O–H groups in total. The van der Waals surface area contributed by atoms with Gasteiger partial charge in [-0.25, -0.2) is 4.79 Å². The molecule has 0 aromatic carbocycles. The summed E-state index contributed by atoms with van der Waals surface area (Å²) in [5, 5.41) is 0. The molecular weight excluding hydrogens is 224 g/mol. The number of carbonyl (C=O) groups is 1. The zero-order valence-electron chi connectivity index (χ0n) is 10.6. The van der Waals surface area contributed by atoms with Crippen LogP contribution >= 0.6 is 0 Å². The molecule has 96 valence electrons. The molecule has 1 fully saturated rings. The van der Waals surface area contributed by atoms with E-state index in [1.165, 1.54) is 7.11 Å². The van der Waals surface area contributed by atoms with Gasteiger partial charge in [0, 0.05) is 19.1 Å². The molecule has 0 amide bonds. The summed E-state index contributed by atoms with van der Waals surface area (Å²) >= 11 is 0. The van der Waals surface area contributed by atoms with E-state index in [1.54, 1.807) is 13.2 Å². The number of rotatable bonds is 2. The van der Waals surface area contributed by atoms with Gasteiger partial charge in [0.15, 0.2) is 5.79 Å². The van der Waals surface area contributed by atoms with Crippen molar-refractivity contribution in [2.75, 3.05) is 14.2 Å². The summed E-state index contributed by atoms with van der Waals surface area (Å²) < 4.78 is 21.6. The maximum Gasteiger partial charge on any atom is 0.333 e. The van der Waals surface area contributed by atoms with Gasteiger partial charge in [0.25, 0.3) is 0 Å². The topological polar surface area (TPSA) is 54.0 Å². The van der Waals surface area contributed by atoms with Crippen molar-refractivity contribution in [2.24, 2.45) is 0 Å². The maximum absolute atomic E-state index is 11.5. The molecule has 1 unspecified atom stereocenters. The summed E-state index contributed by atoms with van der Waals surface area (Å²) in [5.74, 6) is -0.979. The number of carbonyl (C=O) groups excluding carboxylic acids is 1. The van der Waals surface area contributed by atoms with Gasteiger partial charge in [0.05, 0.1) is 13.2 Å². The van der Waals surface area contributed by atoms with E-state index in [4.69, 9.17) is 18.9 Å². The first-order valence-corrected chi connectivity index (χ1v) is 5.64. The Morgan fingerprint density at radius 1 is 1.41 bits per heavy atom. The summed E-state index contributed by atoms with van der Waals surface area (Å²) in [4.78, 5) is 11.5. The van der Waals surface area contributed by atoms with Crippen LogP contribution in [0.3, 0.4) is 0 Å². The Morgan fingerprint density at radius 3 is 2.71 bits per heavy atom. The van der Waals surface area contributed by atoms with Crippen molar-refractivity contribution >= 4 is 5.97 Å². The Bertz CT molecular complexity index is 347. The van der Waals surface area contributed by atoms with Gasteiger partial charge < -0.3 is 18.9 Å². The SMILES string of the molecule is COC(=O)C1=C[C@H]2OC(C)(C)O[C@H]2C(OC)C1. The van der Waals surface area contributed by atoms with Crippen molar-refractivity contribution in [2.45, 2.75) is 44.4 Å². The highest BCUT2D eigenvalue weighted by atomic mass is 16.8. The molecule has 1 aliphatic carbocycles. The third kappa shape index (κ3) is 2.36. The maximum atomic E-state index is 11.5. The quantitative estimate of drug-likeness (QED) is 0.677. The molecule has 5 nitrogen and oxygen atoms in total. The number of hydrogen-bond acceptors (Lipinski definition) is 5. The van der Waals surface area contributed by atoms with E-state index in [9.17, 15) is 4.79 Å². The van der Waals surface area contributed by atoms with E-state index >= 15 is 0 Å². The normalized spacial score (nSPS) is 35.1. The van der Waals surface area contributed by atoms with E-state index in [2.05, 4.69) is 0 Å². The lowest BCUT2D eigenvalue weighted by Crippen LogP contribution is -2.40. The molecule has 5 heteroatoms. The zero-order valence-corrected chi connectivity index (χ0v) is 10.6. The lowest BCUT2D eigenvalue weighted by Gasteiger charge is -2.28. The predicted molar refractivity (Wildman–Crippen MR) is 59.3 cm³/mol. The van der Waals surface area contributed by atoms with Crippen LogP contribution < -0.4 is 0 Å². The van der Waals surface area contributed by atoms with Crippen molar-refractivity contribution in [1.29, 1.82) is 0 Å². The van der Waals surface area contributed by atoms with Gasteiger partial charge in [0.2, 0.25) is 0 Å². The predicted octanol–water partition coefficient (Wildman–Crippen LogP) is 1.02. The lowest BCUT2D eigenvalue weighted by atomic mass is 9.92. The molecule has 3 atom stereocenters. The van der Waals surface area contributed by atoms with Crippen LogP contribution in [0.4, 0.5) is 0 Å². The molecule has 0 spiro atoms. The second-order valence-electron chi connectivity index (χ2n) is 4.73. The van der Waals surface area contributed by atoms with Crippen molar-refractivity contribution in [3.05, 3.63) is 11.6 Å². The van der Waals surface area contributed by atoms with Crippen LogP contribution in [0.2, 0.25) is 0 Å². The molecule has 0 radical (unpaired) electrons. The second-order valence-corrected chi connectivity index (χ2v) is 4.73. The van der Waals surface area contributed by atoms with Crippen LogP contribution in [0.25, 0.3) is 0 Å². The number of fused-ring (bicyclic) bond motifs is 1. The zero-order chi connectivity index (χ0) is 12.6. The average Bonchev–Trinajstić information content (AvgIpc) is 2.60. The third-order valence-electron chi connectivity index (χ3n) is 3.07. The van der Waals surface area contributed by atoms with Gasteiger partial charge in [-0.3, -0.25) is 0 Å². The fourth-order valence-corrected chi connectivity index (χ4v) is 2.33. The smallest absolute Gasteiger partial charge is 0.333 e. The van der Waals surface area contributed by atoms with Gasteiger partial charge >= 0.3 is 5.97 Å². The molecule has 0 aromatic heterocycles.